The van der Waals surface area contributed by atoms with Crippen LogP contribution in [0, 0.1) is 17.7 Å². The van der Waals surface area contributed by atoms with Crippen LogP contribution in [0.3, 0.4) is 0 Å². The van der Waals surface area contributed by atoms with Gasteiger partial charge in [-0.1, -0.05) is 63.7 Å². The lowest BCUT2D eigenvalue weighted by molar-refractivity contribution is -0.126. The molecule has 2 aromatic heterocycles. The number of anilines is 1. The second kappa shape index (κ2) is 12.2. The number of hydrogen-bond acceptors (Lipinski definition) is 6. The largest absolute Gasteiger partial charge is 0.355 e. The first-order valence-electron chi connectivity index (χ1n) is 14.6. The molecule has 0 radical (unpaired) electrons. The van der Waals surface area contributed by atoms with E-state index in [-0.39, 0.29) is 40.1 Å². The van der Waals surface area contributed by atoms with Crippen LogP contribution in [-0.2, 0) is 4.79 Å². The molecule has 5 rings (SSSR count). The lowest BCUT2D eigenvalue weighted by Crippen LogP contribution is -2.54. The van der Waals surface area contributed by atoms with Gasteiger partial charge in [0.2, 0.25) is 5.91 Å². The molecule has 1 amide bonds. The van der Waals surface area contributed by atoms with Crippen molar-refractivity contribution in [1.29, 1.82) is 0 Å². The predicted molar refractivity (Wildman–Crippen MR) is 173 cm³/mol. The Morgan fingerprint density at radius 1 is 1.23 bits per heavy atom. The van der Waals surface area contributed by atoms with Crippen LogP contribution >= 0.6 is 11.6 Å². The molecule has 1 saturated heterocycles. The fourth-order valence-electron chi connectivity index (χ4n) is 6.05. The van der Waals surface area contributed by atoms with E-state index in [1.165, 1.54) is 12.1 Å². The number of allylic oxidation sites excluding steroid dienone is 2. The molecule has 0 N–H and O–H groups in total. The van der Waals surface area contributed by atoms with Gasteiger partial charge in [-0.05, 0) is 49.5 Å². The number of carbonyl (C=O) groups is 1. The highest BCUT2D eigenvalue weighted by atomic mass is 35.5. The molecule has 224 valence electrons. The Bertz CT molecular complexity index is 1740. The Hall–Kier alpha value is -4.11. The average molecular weight is 603 g/mol. The Morgan fingerprint density at radius 2 is 2.00 bits per heavy atom. The number of amides is 1. The molecule has 0 spiro atoms. The van der Waals surface area contributed by atoms with Gasteiger partial charge in [-0.25, -0.2) is 18.7 Å². The average Bonchev–Trinajstić information content (AvgIpc) is 3.00. The summed E-state index contributed by atoms with van der Waals surface area (Å²) in [6.07, 6.45) is 6.21. The normalized spacial score (nSPS) is 19.0. The topological polar surface area (TPSA) is 83.7 Å². The molecular weight excluding hydrogens is 567 g/mol. The fraction of sp³-hybridized carbons (Fsp3) is 0.364. The van der Waals surface area contributed by atoms with Crippen LogP contribution in [0.4, 0.5) is 10.2 Å². The number of aromatic nitrogens is 3. The first kappa shape index (κ1) is 30.4. The summed E-state index contributed by atoms with van der Waals surface area (Å²) in [7, 11) is 0. The van der Waals surface area contributed by atoms with Crippen LogP contribution in [-0.4, -0.2) is 57.2 Å². The van der Waals surface area contributed by atoms with E-state index < -0.39 is 11.5 Å². The Balaban J connectivity index is 1.84. The van der Waals surface area contributed by atoms with Crippen molar-refractivity contribution in [3.63, 3.8) is 0 Å². The van der Waals surface area contributed by atoms with Gasteiger partial charge in [0, 0.05) is 43.4 Å². The van der Waals surface area contributed by atoms with E-state index in [1.54, 1.807) is 33.7 Å². The molecule has 4 heterocycles. The van der Waals surface area contributed by atoms with Gasteiger partial charge in [-0.3, -0.25) is 9.79 Å². The summed E-state index contributed by atoms with van der Waals surface area (Å²) in [6, 6.07) is 6.25. The van der Waals surface area contributed by atoms with Crippen LogP contribution in [0.5, 0.6) is 0 Å². The summed E-state index contributed by atoms with van der Waals surface area (Å²) in [4.78, 5) is 44.5. The van der Waals surface area contributed by atoms with E-state index >= 15 is 4.39 Å². The molecule has 3 aromatic rings. The van der Waals surface area contributed by atoms with Crippen LogP contribution in [0.25, 0.3) is 34.1 Å². The number of pyridine rings is 1. The number of piperazine rings is 1. The van der Waals surface area contributed by atoms with Gasteiger partial charge in [0.15, 0.2) is 5.65 Å². The third-order valence-corrected chi connectivity index (χ3v) is 8.53. The van der Waals surface area contributed by atoms with Crippen LogP contribution < -0.4 is 10.6 Å². The molecule has 10 heteroatoms. The van der Waals surface area contributed by atoms with Crippen LogP contribution in [0.15, 0.2) is 59.0 Å². The first-order valence-corrected chi connectivity index (χ1v) is 15.0. The summed E-state index contributed by atoms with van der Waals surface area (Å²) in [5.74, 6) is -0.181. The number of nitrogens with zero attached hydrogens (tertiary/aromatic N) is 6. The highest BCUT2D eigenvalue weighted by Gasteiger charge is 2.32. The lowest BCUT2D eigenvalue weighted by atomic mass is 9.91. The van der Waals surface area contributed by atoms with E-state index in [0.717, 1.165) is 17.8 Å². The van der Waals surface area contributed by atoms with Gasteiger partial charge < -0.3 is 9.80 Å². The third kappa shape index (κ3) is 5.42. The maximum absolute atomic E-state index is 15.4. The smallest absolute Gasteiger partial charge is 0.350 e. The highest BCUT2D eigenvalue weighted by molar-refractivity contribution is 6.34. The number of hydrogen-bond donors (Lipinski definition) is 0. The minimum Gasteiger partial charge on any atom is -0.350 e. The quantitative estimate of drug-likeness (QED) is 0.291. The van der Waals surface area contributed by atoms with Crippen molar-refractivity contribution >= 4 is 52.3 Å². The first-order chi connectivity index (χ1) is 20.6. The molecule has 2 aliphatic heterocycles. The highest BCUT2D eigenvalue weighted by Crippen LogP contribution is 2.39. The van der Waals surface area contributed by atoms with Crippen molar-refractivity contribution in [2.75, 3.05) is 24.5 Å². The lowest BCUT2D eigenvalue weighted by Gasteiger charge is -2.40. The molecule has 43 heavy (non-hydrogen) atoms. The molecule has 1 fully saturated rings. The molecule has 2 atom stereocenters. The molecule has 0 bridgehead atoms. The van der Waals surface area contributed by atoms with Gasteiger partial charge in [0.05, 0.1) is 27.5 Å². The minimum atomic E-state index is -0.499. The summed E-state index contributed by atoms with van der Waals surface area (Å²) in [5, 5.41) is 0.772. The summed E-state index contributed by atoms with van der Waals surface area (Å²) >= 11 is 6.89. The Morgan fingerprint density at radius 3 is 2.65 bits per heavy atom. The van der Waals surface area contributed by atoms with Gasteiger partial charge in [0.25, 0.3) is 0 Å². The van der Waals surface area contributed by atoms with Gasteiger partial charge >= 0.3 is 5.69 Å². The van der Waals surface area contributed by atoms with Crippen molar-refractivity contribution in [3.05, 3.63) is 76.1 Å². The van der Waals surface area contributed by atoms with E-state index in [4.69, 9.17) is 21.6 Å². The van der Waals surface area contributed by atoms with Crippen molar-refractivity contribution < 1.29 is 9.18 Å². The number of benzene rings is 1. The zero-order chi connectivity index (χ0) is 31.0. The van der Waals surface area contributed by atoms with Gasteiger partial charge in [-0.2, -0.15) is 4.98 Å². The Labute approximate surface area is 255 Å². The maximum Gasteiger partial charge on any atom is 0.355 e. The van der Waals surface area contributed by atoms with Gasteiger partial charge in [-0.15, -0.1) is 0 Å². The van der Waals surface area contributed by atoms with Crippen LogP contribution in [0.2, 0.25) is 5.02 Å². The fourth-order valence-corrected chi connectivity index (χ4v) is 6.29. The SMILES string of the molecule is C=CC(=O)N1CCN(c2nc(=O)n(C3=C(C(C)C)N=CCC3CC)c3nc(-c4c(F)cccc4C=C)c(Cl)cc23)[C@@H](C)C1. The number of carbonyl (C=O) groups excluding carboxylic acids is 1. The number of aliphatic imine (C=N–C) groups is 1. The molecule has 8 nitrogen and oxygen atoms in total. The minimum absolute atomic E-state index is 0.00830. The molecule has 0 saturated carbocycles. The zero-order valence-electron chi connectivity index (χ0n) is 25.0. The zero-order valence-corrected chi connectivity index (χ0v) is 25.7. The number of halogens is 2. The molecule has 2 aliphatic rings. The van der Waals surface area contributed by atoms with E-state index in [2.05, 4.69) is 25.1 Å². The van der Waals surface area contributed by atoms with Crippen molar-refractivity contribution in [3.8, 4) is 11.3 Å². The van der Waals surface area contributed by atoms with E-state index in [0.29, 0.717) is 48.5 Å². The standard InChI is InChI=1S/C33H36ClFN6O2/c1-7-21-11-10-12-25(35)27(21)29-24(34)17-23-31(40-16-15-39(18-20(40)6)26(42)9-3)38-33(43)41(32(23)37-29)30-22(8-2)13-14-36-28(30)19(4)5/h7,9-12,14,17,19-20,22H,1,3,8,13,15-16,18H2,2,4-6H3/t20-,22?/m0/s1. The molecule has 1 aromatic carbocycles. The second-order valence-electron chi connectivity index (χ2n) is 11.3. The Kier molecular flexibility index (Phi) is 8.64. The molecule has 1 unspecified atom stereocenters. The molecule has 0 aliphatic carbocycles. The van der Waals surface area contributed by atoms with Gasteiger partial charge in [0.1, 0.15) is 11.6 Å². The van der Waals surface area contributed by atoms with E-state index in [9.17, 15) is 9.59 Å². The second-order valence-corrected chi connectivity index (χ2v) is 11.7. The predicted octanol–water partition coefficient (Wildman–Crippen LogP) is 6.44. The van der Waals surface area contributed by atoms with Crippen LogP contribution in [0.1, 0.15) is 46.1 Å². The summed E-state index contributed by atoms with van der Waals surface area (Å²) in [5.41, 5.74) is 2.32. The number of rotatable bonds is 7. The monoisotopic (exact) mass is 602 g/mol. The summed E-state index contributed by atoms with van der Waals surface area (Å²) < 4.78 is 16.9. The maximum atomic E-state index is 15.4. The number of fused-ring (bicyclic) bond motifs is 1. The third-order valence-electron chi connectivity index (χ3n) is 8.24. The molecular formula is C33H36ClFN6O2. The van der Waals surface area contributed by atoms with Crippen molar-refractivity contribution in [2.24, 2.45) is 16.8 Å². The van der Waals surface area contributed by atoms with E-state index in [1.807, 2.05) is 31.9 Å². The van der Waals surface area contributed by atoms with Crippen molar-refractivity contribution in [1.82, 2.24) is 19.4 Å². The van der Waals surface area contributed by atoms with Crippen molar-refractivity contribution in [2.45, 2.75) is 46.6 Å². The summed E-state index contributed by atoms with van der Waals surface area (Å²) in [6.45, 7) is 16.9.